The molecule has 0 aliphatic rings. The molecule has 0 saturated heterocycles. The van der Waals surface area contributed by atoms with Crippen molar-refractivity contribution in [1.29, 1.82) is 0 Å². The van der Waals surface area contributed by atoms with Crippen LogP contribution in [0.1, 0.15) is 32.3 Å². The number of aliphatic hydroxyl groups is 1. The van der Waals surface area contributed by atoms with Crippen molar-refractivity contribution in [3.05, 3.63) is 35.6 Å². The average Bonchev–Trinajstić information content (AvgIpc) is 2.36. The lowest BCUT2D eigenvalue weighted by Crippen LogP contribution is -2.42. The number of carbonyl (C=O) groups is 1. The SMILES string of the molecule is CCC(O)(CC)CNC(=O)Cc1cccc(F)c1. The first-order chi connectivity index (χ1) is 8.49. The van der Waals surface area contributed by atoms with E-state index >= 15 is 0 Å². The fraction of sp³-hybridized carbons (Fsp3) is 0.500. The van der Waals surface area contributed by atoms with Crippen molar-refractivity contribution < 1.29 is 14.3 Å². The molecule has 0 bridgehead atoms. The Bertz CT molecular complexity index is 403. The van der Waals surface area contributed by atoms with Crippen LogP contribution in [0.15, 0.2) is 24.3 Å². The standard InChI is InChI=1S/C14H20FNO2/c1-3-14(18,4-2)10-16-13(17)9-11-6-5-7-12(15)8-11/h5-8,18H,3-4,9-10H2,1-2H3,(H,16,17). The summed E-state index contributed by atoms with van der Waals surface area (Å²) in [5.41, 5.74) is -0.221. The smallest absolute Gasteiger partial charge is 0.224 e. The van der Waals surface area contributed by atoms with Crippen molar-refractivity contribution in [1.82, 2.24) is 5.32 Å². The highest BCUT2D eigenvalue weighted by Crippen LogP contribution is 2.13. The summed E-state index contributed by atoms with van der Waals surface area (Å²) in [6.07, 6.45) is 1.30. The van der Waals surface area contributed by atoms with Gasteiger partial charge in [0.1, 0.15) is 5.82 Å². The van der Waals surface area contributed by atoms with Gasteiger partial charge in [-0.05, 0) is 30.5 Å². The zero-order chi connectivity index (χ0) is 13.6. The number of nitrogens with one attached hydrogen (secondary N) is 1. The molecule has 0 radical (unpaired) electrons. The van der Waals surface area contributed by atoms with Gasteiger partial charge in [-0.25, -0.2) is 4.39 Å². The van der Waals surface area contributed by atoms with Gasteiger partial charge < -0.3 is 10.4 Å². The second-order valence-corrected chi connectivity index (χ2v) is 4.51. The van der Waals surface area contributed by atoms with Gasteiger partial charge in [0.05, 0.1) is 12.0 Å². The minimum Gasteiger partial charge on any atom is -0.388 e. The lowest BCUT2D eigenvalue weighted by atomic mass is 9.97. The van der Waals surface area contributed by atoms with E-state index in [1.54, 1.807) is 12.1 Å². The highest BCUT2D eigenvalue weighted by Gasteiger charge is 2.22. The van der Waals surface area contributed by atoms with Gasteiger partial charge in [-0.3, -0.25) is 4.79 Å². The topological polar surface area (TPSA) is 49.3 Å². The first-order valence-electron chi connectivity index (χ1n) is 6.22. The molecule has 0 spiro atoms. The van der Waals surface area contributed by atoms with Gasteiger partial charge in [-0.2, -0.15) is 0 Å². The van der Waals surface area contributed by atoms with Crippen LogP contribution < -0.4 is 5.32 Å². The number of amides is 1. The summed E-state index contributed by atoms with van der Waals surface area (Å²) >= 11 is 0. The van der Waals surface area contributed by atoms with Crippen LogP contribution in [-0.2, 0) is 11.2 Å². The van der Waals surface area contributed by atoms with Gasteiger partial charge in [0.25, 0.3) is 0 Å². The molecule has 2 N–H and O–H groups in total. The molecule has 0 aromatic heterocycles. The Hall–Kier alpha value is -1.42. The van der Waals surface area contributed by atoms with E-state index in [4.69, 9.17) is 0 Å². The molecule has 4 heteroatoms. The zero-order valence-corrected chi connectivity index (χ0v) is 10.9. The maximum Gasteiger partial charge on any atom is 0.224 e. The van der Waals surface area contributed by atoms with E-state index in [0.717, 1.165) is 0 Å². The summed E-state index contributed by atoms with van der Waals surface area (Å²) in [5.74, 6) is -0.556. The number of halogens is 1. The molecule has 1 rings (SSSR count). The van der Waals surface area contributed by atoms with Crippen LogP contribution in [0.2, 0.25) is 0 Å². The highest BCUT2D eigenvalue weighted by molar-refractivity contribution is 5.78. The lowest BCUT2D eigenvalue weighted by Gasteiger charge is -2.25. The third-order valence-electron chi connectivity index (χ3n) is 3.18. The van der Waals surface area contributed by atoms with Gasteiger partial charge in [-0.1, -0.05) is 26.0 Å². The Morgan fingerprint density at radius 2 is 2.06 bits per heavy atom. The summed E-state index contributed by atoms with van der Waals surface area (Å²) in [5, 5.41) is 12.7. The highest BCUT2D eigenvalue weighted by atomic mass is 19.1. The van der Waals surface area contributed by atoms with Crippen molar-refractivity contribution in [2.45, 2.75) is 38.7 Å². The summed E-state index contributed by atoms with van der Waals surface area (Å²) in [4.78, 5) is 11.7. The predicted octanol–water partition coefficient (Wildman–Crippen LogP) is 2.04. The van der Waals surface area contributed by atoms with Crippen LogP contribution in [0.3, 0.4) is 0 Å². The zero-order valence-electron chi connectivity index (χ0n) is 10.9. The van der Waals surface area contributed by atoms with Gasteiger partial charge in [0, 0.05) is 6.54 Å². The molecule has 1 aromatic carbocycles. The van der Waals surface area contributed by atoms with Crippen LogP contribution in [0, 0.1) is 5.82 Å². The van der Waals surface area contributed by atoms with Crippen LogP contribution in [0.5, 0.6) is 0 Å². The molecular formula is C14H20FNO2. The average molecular weight is 253 g/mol. The van der Waals surface area contributed by atoms with E-state index < -0.39 is 5.60 Å². The van der Waals surface area contributed by atoms with E-state index in [1.807, 2.05) is 13.8 Å². The Morgan fingerprint density at radius 1 is 1.39 bits per heavy atom. The molecule has 0 saturated carbocycles. The summed E-state index contributed by atoms with van der Waals surface area (Å²) in [7, 11) is 0. The Balaban J connectivity index is 2.47. The molecule has 0 atom stereocenters. The number of benzene rings is 1. The summed E-state index contributed by atoms with van der Waals surface area (Å²) in [6.45, 7) is 3.98. The quantitative estimate of drug-likeness (QED) is 0.815. The van der Waals surface area contributed by atoms with Crippen LogP contribution >= 0.6 is 0 Å². The molecule has 0 heterocycles. The molecule has 1 aromatic rings. The minimum absolute atomic E-state index is 0.126. The summed E-state index contributed by atoms with van der Waals surface area (Å²) < 4.78 is 12.9. The molecule has 0 aliphatic heterocycles. The number of carbonyl (C=O) groups excluding carboxylic acids is 1. The molecule has 0 unspecified atom stereocenters. The van der Waals surface area contributed by atoms with Gasteiger partial charge in [0.15, 0.2) is 0 Å². The van der Waals surface area contributed by atoms with Gasteiger partial charge in [-0.15, -0.1) is 0 Å². The van der Waals surface area contributed by atoms with Crippen LogP contribution in [-0.4, -0.2) is 23.2 Å². The van der Waals surface area contributed by atoms with Crippen molar-refractivity contribution in [3.63, 3.8) is 0 Å². The molecule has 100 valence electrons. The summed E-state index contributed by atoms with van der Waals surface area (Å²) in [6, 6.07) is 5.96. The third kappa shape index (κ3) is 4.45. The first kappa shape index (κ1) is 14.6. The maximum absolute atomic E-state index is 12.9. The number of hydrogen-bond donors (Lipinski definition) is 2. The lowest BCUT2D eigenvalue weighted by molar-refractivity contribution is -0.121. The maximum atomic E-state index is 12.9. The van der Waals surface area contributed by atoms with E-state index in [2.05, 4.69) is 5.32 Å². The van der Waals surface area contributed by atoms with Crippen molar-refractivity contribution in [2.24, 2.45) is 0 Å². The largest absolute Gasteiger partial charge is 0.388 e. The molecule has 3 nitrogen and oxygen atoms in total. The Kier molecular flexibility index (Phi) is 5.28. The molecule has 0 aliphatic carbocycles. The third-order valence-corrected chi connectivity index (χ3v) is 3.18. The fourth-order valence-corrected chi connectivity index (χ4v) is 1.66. The fourth-order valence-electron chi connectivity index (χ4n) is 1.66. The number of rotatable bonds is 6. The minimum atomic E-state index is -0.850. The second-order valence-electron chi connectivity index (χ2n) is 4.51. The first-order valence-corrected chi connectivity index (χ1v) is 6.22. The Morgan fingerprint density at radius 3 is 2.61 bits per heavy atom. The van der Waals surface area contributed by atoms with Crippen molar-refractivity contribution in [3.8, 4) is 0 Å². The van der Waals surface area contributed by atoms with Crippen molar-refractivity contribution in [2.75, 3.05) is 6.54 Å². The van der Waals surface area contributed by atoms with E-state index in [1.165, 1.54) is 12.1 Å². The Labute approximate surface area is 107 Å². The number of hydrogen-bond acceptors (Lipinski definition) is 2. The molecule has 1 amide bonds. The van der Waals surface area contributed by atoms with E-state index in [0.29, 0.717) is 18.4 Å². The molecule has 0 fully saturated rings. The van der Waals surface area contributed by atoms with Crippen LogP contribution in [0.25, 0.3) is 0 Å². The van der Waals surface area contributed by atoms with Gasteiger partial charge >= 0.3 is 0 Å². The molecule has 18 heavy (non-hydrogen) atoms. The second kappa shape index (κ2) is 6.50. The molecular weight excluding hydrogens is 233 g/mol. The van der Waals surface area contributed by atoms with E-state index in [-0.39, 0.29) is 24.7 Å². The monoisotopic (exact) mass is 253 g/mol. The van der Waals surface area contributed by atoms with Crippen LogP contribution in [0.4, 0.5) is 4.39 Å². The van der Waals surface area contributed by atoms with Gasteiger partial charge in [0.2, 0.25) is 5.91 Å². The van der Waals surface area contributed by atoms with E-state index in [9.17, 15) is 14.3 Å². The van der Waals surface area contributed by atoms with Crippen molar-refractivity contribution >= 4 is 5.91 Å². The predicted molar refractivity (Wildman–Crippen MR) is 68.6 cm³/mol. The normalized spacial score (nSPS) is 11.3.